The molecule has 0 aromatic rings. The first kappa shape index (κ1) is 66.4. The summed E-state index contributed by atoms with van der Waals surface area (Å²) < 4.78 is 11.3. The van der Waals surface area contributed by atoms with Gasteiger partial charge in [-0.25, -0.2) is 0 Å². The summed E-state index contributed by atoms with van der Waals surface area (Å²) in [5, 5.41) is 54.7. The summed E-state index contributed by atoms with van der Waals surface area (Å²) in [6, 6.07) is -0.728. The van der Waals surface area contributed by atoms with Gasteiger partial charge in [0.05, 0.1) is 25.4 Å². The van der Waals surface area contributed by atoms with Gasteiger partial charge in [-0.15, -0.1) is 0 Å². The lowest BCUT2D eigenvalue weighted by atomic mass is 9.99. The molecule has 1 aliphatic rings. The van der Waals surface area contributed by atoms with Gasteiger partial charge in [0.25, 0.3) is 0 Å². The van der Waals surface area contributed by atoms with E-state index in [1.807, 2.05) is 0 Å². The van der Waals surface area contributed by atoms with E-state index in [1.54, 1.807) is 0 Å². The zero-order valence-corrected chi connectivity index (χ0v) is 45.5. The Labute approximate surface area is 435 Å². The number of allylic oxidation sites excluding steroid dienone is 14. The van der Waals surface area contributed by atoms with E-state index in [9.17, 15) is 30.3 Å². The maximum Gasteiger partial charge on any atom is 0.220 e. The van der Waals surface area contributed by atoms with Gasteiger partial charge in [-0.05, 0) is 70.6 Å². The molecule has 6 N–H and O–H groups in total. The molecular formula is C62H109NO8. The molecule has 0 aromatic heterocycles. The minimum atomic E-state index is -1.56. The summed E-state index contributed by atoms with van der Waals surface area (Å²) in [4.78, 5) is 13.1. The monoisotopic (exact) mass is 996 g/mol. The number of rotatable bonds is 49. The van der Waals surface area contributed by atoms with Crippen molar-refractivity contribution in [1.82, 2.24) is 5.32 Å². The van der Waals surface area contributed by atoms with Crippen LogP contribution in [0.2, 0.25) is 0 Å². The molecule has 7 atom stereocenters. The number of aliphatic hydroxyl groups excluding tert-OH is 5. The fourth-order valence-corrected chi connectivity index (χ4v) is 8.91. The molecule has 1 heterocycles. The maximum atomic E-state index is 13.1. The normalized spacial score (nSPS) is 19.9. The topological polar surface area (TPSA) is 149 Å². The van der Waals surface area contributed by atoms with E-state index < -0.39 is 49.5 Å². The highest BCUT2D eigenvalue weighted by atomic mass is 16.7. The summed E-state index contributed by atoms with van der Waals surface area (Å²) in [5.41, 5.74) is 0. The van der Waals surface area contributed by atoms with Crippen LogP contribution in [0, 0.1) is 0 Å². The van der Waals surface area contributed by atoms with Gasteiger partial charge in [-0.2, -0.15) is 0 Å². The number of carbonyl (C=O) groups is 1. The van der Waals surface area contributed by atoms with Crippen molar-refractivity contribution in [2.45, 2.75) is 288 Å². The Hall–Kier alpha value is -2.63. The zero-order valence-electron chi connectivity index (χ0n) is 45.5. The third kappa shape index (κ3) is 40.4. The highest BCUT2D eigenvalue weighted by molar-refractivity contribution is 5.76. The van der Waals surface area contributed by atoms with Gasteiger partial charge >= 0.3 is 0 Å². The molecule has 0 aliphatic carbocycles. The molecule has 410 valence electrons. The van der Waals surface area contributed by atoms with Crippen LogP contribution >= 0.6 is 0 Å². The quantitative estimate of drug-likeness (QED) is 0.0261. The third-order valence-corrected chi connectivity index (χ3v) is 13.5. The summed E-state index contributed by atoms with van der Waals surface area (Å²) in [5.74, 6) is -0.153. The number of hydrogen-bond donors (Lipinski definition) is 6. The van der Waals surface area contributed by atoms with E-state index in [1.165, 1.54) is 128 Å². The van der Waals surface area contributed by atoms with Crippen LogP contribution in [0.3, 0.4) is 0 Å². The van der Waals surface area contributed by atoms with Crippen molar-refractivity contribution in [2.24, 2.45) is 0 Å². The number of ether oxygens (including phenoxy) is 2. The first-order chi connectivity index (χ1) is 34.8. The number of amides is 1. The Bertz CT molecular complexity index is 1390. The third-order valence-electron chi connectivity index (χ3n) is 13.5. The lowest BCUT2D eigenvalue weighted by Gasteiger charge is -2.40. The summed E-state index contributed by atoms with van der Waals surface area (Å²) in [6.45, 7) is 3.73. The first-order valence-corrected chi connectivity index (χ1v) is 29.3. The van der Waals surface area contributed by atoms with Gasteiger partial charge in [0.2, 0.25) is 5.91 Å². The number of carbonyl (C=O) groups excluding carboxylic acids is 1. The van der Waals surface area contributed by atoms with Gasteiger partial charge in [-0.1, -0.05) is 253 Å². The molecule has 0 saturated carbocycles. The SMILES string of the molecule is CC/C=C\C/C=C\C/C=C\C/C=C\C/C=C\C/C=C\C/C=C\CCCCCCCCCCCC(=O)NC(COC1OC(CO)C(O)C(O)C1O)C(O)CCCCCCCCCCCCCCCCCCC. The lowest BCUT2D eigenvalue weighted by molar-refractivity contribution is -0.302. The molecule has 0 bridgehead atoms. The Kier molecular flexibility index (Phi) is 47.6. The van der Waals surface area contributed by atoms with Crippen LogP contribution in [0.4, 0.5) is 0 Å². The first-order valence-electron chi connectivity index (χ1n) is 29.3. The lowest BCUT2D eigenvalue weighted by Crippen LogP contribution is -2.60. The van der Waals surface area contributed by atoms with Gasteiger partial charge < -0.3 is 40.3 Å². The summed E-state index contributed by atoms with van der Waals surface area (Å²) in [6.07, 6.45) is 64.6. The van der Waals surface area contributed by atoms with Crippen molar-refractivity contribution in [3.63, 3.8) is 0 Å². The van der Waals surface area contributed by atoms with Crippen LogP contribution in [0.5, 0.6) is 0 Å². The Morgan fingerprint density at radius 2 is 0.873 bits per heavy atom. The Morgan fingerprint density at radius 1 is 0.493 bits per heavy atom. The van der Waals surface area contributed by atoms with Crippen LogP contribution in [0.15, 0.2) is 85.1 Å². The Balaban J connectivity index is 2.20. The number of aliphatic hydroxyl groups is 5. The van der Waals surface area contributed by atoms with Crippen molar-refractivity contribution < 1.29 is 39.8 Å². The van der Waals surface area contributed by atoms with E-state index in [-0.39, 0.29) is 12.5 Å². The van der Waals surface area contributed by atoms with Gasteiger partial charge in [0.15, 0.2) is 6.29 Å². The fourth-order valence-electron chi connectivity index (χ4n) is 8.91. The van der Waals surface area contributed by atoms with Crippen LogP contribution in [0.25, 0.3) is 0 Å². The molecule has 9 heteroatoms. The molecule has 1 fully saturated rings. The van der Waals surface area contributed by atoms with Gasteiger partial charge in [0.1, 0.15) is 24.4 Å². The molecule has 0 aromatic carbocycles. The largest absolute Gasteiger partial charge is 0.394 e. The van der Waals surface area contributed by atoms with E-state index in [0.29, 0.717) is 12.8 Å². The average Bonchev–Trinajstić information content (AvgIpc) is 3.37. The van der Waals surface area contributed by atoms with E-state index >= 15 is 0 Å². The maximum absolute atomic E-state index is 13.1. The molecule has 0 spiro atoms. The van der Waals surface area contributed by atoms with Crippen LogP contribution < -0.4 is 5.32 Å². The fraction of sp³-hybridized carbons (Fsp3) is 0.758. The van der Waals surface area contributed by atoms with Crippen LogP contribution in [-0.2, 0) is 14.3 Å². The Morgan fingerprint density at radius 3 is 1.30 bits per heavy atom. The summed E-state index contributed by atoms with van der Waals surface area (Å²) in [7, 11) is 0. The molecule has 9 nitrogen and oxygen atoms in total. The second kappa shape index (κ2) is 50.9. The van der Waals surface area contributed by atoms with Crippen molar-refractivity contribution >= 4 is 5.91 Å². The van der Waals surface area contributed by atoms with Crippen molar-refractivity contribution in [2.75, 3.05) is 13.2 Å². The second-order valence-corrected chi connectivity index (χ2v) is 20.1. The van der Waals surface area contributed by atoms with Gasteiger partial charge in [-0.3, -0.25) is 4.79 Å². The van der Waals surface area contributed by atoms with Crippen LogP contribution in [-0.4, -0.2) is 87.5 Å². The number of hydrogen-bond acceptors (Lipinski definition) is 8. The summed E-state index contributed by atoms with van der Waals surface area (Å²) >= 11 is 0. The molecule has 71 heavy (non-hydrogen) atoms. The smallest absolute Gasteiger partial charge is 0.220 e. The van der Waals surface area contributed by atoms with Crippen molar-refractivity contribution in [3.05, 3.63) is 85.1 Å². The van der Waals surface area contributed by atoms with Crippen molar-refractivity contribution in [1.29, 1.82) is 0 Å². The predicted octanol–water partition coefficient (Wildman–Crippen LogP) is 14.6. The second-order valence-electron chi connectivity index (χ2n) is 20.1. The zero-order chi connectivity index (χ0) is 51.5. The predicted molar refractivity (Wildman–Crippen MR) is 299 cm³/mol. The molecule has 1 rings (SSSR count). The minimum Gasteiger partial charge on any atom is -0.394 e. The molecule has 1 saturated heterocycles. The molecule has 7 unspecified atom stereocenters. The molecule has 1 aliphatic heterocycles. The standard InChI is InChI=1S/C62H109NO8/c1-3-5-7-9-11-13-15-17-19-21-22-23-24-25-26-27-28-29-30-31-32-33-34-36-38-40-42-44-46-48-50-52-58(66)63-55(54-70-62-61(69)60(68)59(67)57(53-64)71-62)56(65)51-49-47-45-43-41-39-37-35-20-18-16-14-12-10-8-6-4-2/h5,7,11,13,17,19,22-23,25-26,28-29,31-32,55-57,59-62,64-65,67-69H,3-4,6,8-10,12,14-16,18,20-21,24,27,30,33-54H2,1-2H3,(H,63,66)/b7-5-,13-11-,19-17-,23-22-,26-25-,29-28-,32-31-. The van der Waals surface area contributed by atoms with Crippen LogP contribution in [0.1, 0.15) is 245 Å². The van der Waals surface area contributed by atoms with E-state index in [4.69, 9.17) is 9.47 Å². The molecule has 1 amide bonds. The highest BCUT2D eigenvalue weighted by Crippen LogP contribution is 2.23. The number of nitrogens with one attached hydrogen (secondary N) is 1. The van der Waals surface area contributed by atoms with Gasteiger partial charge in [0, 0.05) is 6.42 Å². The van der Waals surface area contributed by atoms with E-state index in [0.717, 1.165) is 89.9 Å². The number of unbranched alkanes of at least 4 members (excludes halogenated alkanes) is 25. The minimum absolute atomic E-state index is 0.144. The highest BCUT2D eigenvalue weighted by Gasteiger charge is 2.44. The molecule has 0 radical (unpaired) electrons. The van der Waals surface area contributed by atoms with Crippen molar-refractivity contribution in [3.8, 4) is 0 Å². The average molecular weight is 997 g/mol. The molecular weight excluding hydrogens is 887 g/mol. The van der Waals surface area contributed by atoms with E-state index in [2.05, 4.69) is 104 Å².